The quantitative estimate of drug-likeness (QED) is 0.715. The van der Waals surface area contributed by atoms with Gasteiger partial charge in [0, 0.05) is 55.8 Å². The number of nitrogens with one attached hydrogen (secondary N) is 1. The van der Waals surface area contributed by atoms with Crippen LogP contribution in [0, 0.1) is 12.7 Å². The molecule has 0 radical (unpaired) electrons. The van der Waals surface area contributed by atoms with Crippen LogP contribution in [0.4, 0.5) is 10.2 Å². The Hall–Kier alpha value is -3.42. The molecule has 4 rings (SSSR count). The van der Waals surface area contributed by atoms with Gasteiger partial charge < -0.3 is 10.2 Å². The van der Waals surface area contributed by atoms with Gasteiger partial charge in [-0.3, -0.25) is 9.78 Å². The molecule has 0 spiro atoms. The lowest BCUT2D eigenvalue weighted by Gasteiger charge is -2.32. The van der Waals surface area contributed by atoms with Crippen molar-refractivity contribution in [2.24, 2.45) is 0 Å². The van der Waals surface area contributed by atoms with Gasteiger partial charge in [-0.15, -0.1) is 0 Å². The van der Waals surface area contributed by atoms with E-state index in [1.165, 1.54) is 6.07 Å². The van der Waals surface area contributed by atoms with Gasteiger partial charge in [-0.2, -0.15) is 0 Å². The monoisotopic (exact) mass is 406 g/mol. The summed E-state index contributed by atoms with van der Waals surface area (Å²) < 4.78 is 13.8. The van der Waals surface area contributed by atoms with Gasteiger partial charge in [-0.1, -0.05) is 6.07 Å². The molecule has 3 aromatic rings. The number of likely N-dealkylation sites (tertiary alicyclic amines) is 1. The van der Waals surface area contributed by atoms with Crippen LogP contribution in [0.25, 0.3) is 11.5 Å². The Balaban J connectivity index is 1.50. The third-order valence-corrected chi connectivity index (χ3v) is 5.41. The van der Waals surface area contributed by atoms with E-state index in [1.54, 1.807) is 42.5 Å². The summed E-state index contributed by atoms with van der Waals surface area (Å²) in [5.74, 6) is 0.959. The number of carbonyl (C=O) groups excluding carboxylic acids is 1. The first-order valence-corrected chi connectivity index (χ1v) is 9.93. The van der Waals surface area contributed by atoms with Crippen LogP contribution >= 0.6 is 0 Å². The van der Waals surface area contributed by atoms with Crippen molar-refractivity contribution in [3.05, 3.63) is 65.5 Å². The number of benzene rings is 1. The lowest BCUT2D eigenvalue weighted by atomic mass is 9.92. The van der Waals surface area contributed by atoms with E-state index in [1.807, 2.05) is 13.1 Å². The van der Waals surface area contributed by atoms with Crippen LogP contribution in [-0.4, -0.2) is 50.9 Å². The average Bonchev–Trinajstić information content (AvgIpc) is 2.80. The highest BCUT2D eigenvalue weighted by molar-refractivity contribution is 5.94. The predicted octanol–water partition coefficient (Wildman–Crippen LogP) is 3.44. The van der Waals surface area contributed by atoms with Gasteiger partial charge in [-0.05, 0) is 37.5 Å². The Morgan fingerprint density at radius 2 is 1.97 bits per heavy atom. The van der Waals surface area contributed by atoms with Gasteiger partial charge in [0.2, 0.25) is 0 Å². The molecule has 0 unspecified atom stereocenters. The number of rotatable bonds is 4. The molecule has 0 bridgehead atoms. The maximum atomic E-state index is 13.8. The highest BCUT2D eigenvalue weighted by Crippen LogP contribution is 2.30. The molecule has 154 valence electrons. The molecular formula is C22H23FN6O. The summed E-state index contributed by atoms with van der Waals surface area (Å²) in [5, 5.41) is 3.08. The average molecular weight is 406 g/mol. The van der Waals surface area contributed by atoms with Crippen molar-refractivity contribution in [1.82, 2.24) is 24.8 Å². The number of hydrogen-bond donors (Lipinski definition) is 1. The predicted molar refractivity (Wildman–Crippen MR) is 112 cm³/mol. The number of nitrogens with zero attached hydrogens (tertiary/aromatic N) is 5. The van der Waals surface area contributed by atoms with Crippen LogP contribution in [0.2, 0.25) is 0 Å². The standard InChI is InChI=1S/C22H23FN6O/c1-14-3-4-16(11-17(14)23)22(30)29-9-5-15(6-10-29)18-12-20(24-2)28-21(27-18)19-13-25-7-8-26-19/h3-4,7-8,11-13,15H,5-6,9-10H2,1-2H3,(H,24,27,28). The minimum atomic E-state index is -0.354. The van der Waals surface area contributed by atoms with Crippen LogP contribution in [0.15, 0.2) is 42.9 Å². The number of piperidine rings is 1. The molecule has 1 aromatic carbocycles. The first-order valence-electron chi connectivity index (χ1n) is 9.93. The van der Waals surface area contributed by atoms with E-state index in [4.69, 9.17) is 4.98 Å². The SMILES string of the molecule is CNc1cc(C2CCN(C(=O)c3ccc(C)c(F)c3)CC2)nc(-c2cnccn2)n1. The number of aromatic nitrogens is 4. The minimum Gasteiger partial charge on any atom is -0.373 e. The molecule has 1 saturated heterocycles. The molecule has 0 saturated carbocycles. The summed E-state index contributed by atoms with van der Waals surface area (Å²) in [5.41, 5.74) is 2.46. The molecule has 1 N–H and O–H groups in total. The van der Waals surface area contributed by atoms with E-state index in [-0.39, 0.29) is 17.6 Å². The van der Waals surface area contributed by atoms with Crippen molar-refractivity contribution in [2.75, 3.05) is 25.5 Å². The van der Waals surface area contributed by atoms with Crippen LogP contribution in [0.1, 0.15) is 40.4 Å². The van der Waals surface area contributed by atoms with Gasteiger partial charge in [0.15, 0.2) is 5.82 Å². The molecule has 30 heavy (non-hydrogen) atoms. The van der Waals surface area contributed by atoms with E-state index in [0.717, 1.165) is 18.5 Å². The second-order valence-electron chi connectivity index (χ2n) is 7.37. The van der Waals surface area contributed by atoms with Crippen molar-refractivity contribution in [1.29, 1.82) is 0 Å². The van der Waals surface area contributed by atoms with Gasteiger partial charge >= 0.3 is 0 Å². The molecule has 0 aliphatic carbocycles. The Morgan fingerprint density at radius 3 is 2.63 bits per heavy atom. The van der Waals surface area contributed by atoms with Gasteiger partial charge in [0.05, 0.1) is 6.20 Å². The van der Waals surface area contributed by atoms with Gasteiger partial charge in [0.25, 0.3) is 5.91 Å². The number of halogens is 1. The zero-order valence-electron chi connectivity index (χ0n) is 17.0. The summed E-state index contributed by atoms with van der Waals surface area (Å²) in [4.78, 5) is 32.1. The molecule has 0 atom stereocenters. The highest BCUT2D eigenvalue weighted by Gasteiger charge is 2.26. The fraction of sp³-hybridized carbons (Fsp3) is 0.318. The third kappa shape index (κ3) is 4.12. The zero-order valence-corrected chi connectivity index (χ0v) is 17.0. The fourth-order valence-electron chi connectivity index (χ4n) is 3.62. The number of hydrogen-bond acceptors (Lipinski definition) is 6. The topological polar surface area (TPSA) is 83.9 Å². The van der Waals surface area contributed by atoms with Crippen LogP contribution in [-0.2, 0) is 0 Å². The first kappa shape index (κ1) is 19.9. The van der Waals surface area contributed by atoms with Crippen LogP contribution in [0.5, 0.6) is 0 Å². The summed E-state index contributed by atoms with van der Waals surface area (Å²) in [6.07, 6.45) is 6.42. The maximum Gasteiger partial charge on any atom is 0.253 e. The Morgan fingerprint density at radius 1 is 1.17 bits per heavy atom. The molecule has 1 amide bonds. The number of carbonyl (C=O) groups is 1. The molecule has 1 aliphatic rings. The Bertz CT molecular complexity index is 1050. The number of aryl methyl sites for hydroxylation is 1. The molecular weight excluding hydrogens is 383 g/mol. The molecule has 3 heterocycles. The molecule has 8 heteroatoms. The van der Waals surface area contributed by atoms with Crippen molar-refractivity contribution >= 4 is 11.7 Å². The molecule has 1 aliphatic heterocycles. The van der Waals surface area contributed by atoms with Crippen molar-refractivity contribution in [3.63, 3.8) is 0 Å². The largest absolute Gasteiger partial charge is 0.373 e. The Labute approximate surface area is 174 Å². The van der Waals surface area contributed by atoms with Crippen molar-refractivity contribution in [3.8, 4) is 11.5 Å². The Kier molecular flexibility index (Phi) is 5.65. The number of amides is 1. The summed E-state index contributed by atoms with van der Waals surface area (Å²) in [6.45, 7) is 2.88. The highest BCUT2D eigenvalue weighted by atomic mass is 19.1. The van der Waals surface area contributed by atoms with E-state index in [0.29, 0.717) is 41.6 Å². The summed E-state index contributed by atoms with van der Waals surface area (Å²) in [6, 6.07) is 6.59. The van der Waals surface area contributed by atoms with E-state index < -0.39 is 0 Å². The summed E-state index contributed by atoms with van der Waals surface area (Å²) in [7, 11) is 1.81. The van der Waals surface area contributed by atoms with Crippen LogP contribution < -0.4 is 5.32 Å². The maximum absolute atomic E-state index is 13.8. The van der Waals surface area contributed by atoms with Crippen LogP contribution in [0.3, 0.4) is 0 Å². The third-order valence-electron chi connectivity index (χ3n) is 5.41. The molecule has 7 nitrogen and oxygen atoms in total. The number of anilines is 1. The first-order chi connectivity index (χ1) is 14.5. The van der Waals surface area contributed by atoms with E-state index in [9.17, 15) is 9.18 Å². The second kappa shape index (κ2) is 8.52. The minimum absolute atomic E-state index is 0.133. The fourth-order valence-corrected chi connectivity index (χ4v) is 3.62. The summed E-state index contributed by atoms with van der Waals surface area (Å²) >= 11 is 0. The van der Waals surface area contributed by atoms with Crippen molar-refractivity contribution in [2.45, 2.75) is 25.7 Å². The lowest BCUT2D eigenvalue weighted by molar-refractivity contribution is 0.0711. The molecule has 1 fully saturated rings. The smallest absolute Gasteiger partial charge is 0.253 e. The second-order valence-corrected chi connectivity index (χ2v) is 7.37. The lowest BCUT2D eigenvalue weighted by Crippen LogP contribution is -2.38. The van der Waals surface area contributed by atoms with Gasteiger partial charge in [0.1, 0.15) is 17.3 Å². The normalized spacial score (nSPS) is 14.6. The van der Waals surface area contributed by atoms with E-state index >= 15 is 0 Å². The van der Waals surface area contributed by atoms with Crippen molar-refractivity contribution < 1.29 is 9.18 Å². The molecule has 2 aromatic heterocycles. The van der Waals surface area contributed by atoms with E-state index in [2.05, 4.69) is 20.3 Å². The van der Waals surface area contributed by atoms with Gasteiger partial charge in [-0.25, -0.2) is 19.3 Å². The zero-order chi connectivity index (χ0) is 21.1.